The Balaban J connectivity index is 2.54. The van der Waals surface area contributed by atoms with Crippen LogP contribution in [0, 0.1) is 0 Å². The summed E-state index contributed by atoms with van der Waals surface area (Å²) in [6, 6.07) is 0. The molecule has 5 nitrogen and oxygen atoms in total. The lowest BCUT2D eigenvalue weighted by molar-refractivity contribution is 0.164. The summed E-state index contributed by atoms with van der Waals surface area (Å²) >= 11 is 3.39. The first-order valence-corrected chi connectivity index (χ1v) is 6.65. The number of aromatic nitrogens is 2. The van der Waals surface area contributed by atoms with Gasteiger partial charge in [0.2, 0.25) is 5.95 Å². The van der Waals surface area contributed by atoms with E-state index in [9.17, 15) is 5.11 Å². The van der Waals surface area contributed by atoms with E-state index in [2.05, 4.69) is 36.5 Å². The van der Waals surface area contributed by atoms with Crippen molar-refractivity contribution in [2.24, 2.45) is 0 Å². The number of anilines is 2. The highest BCUT2D eigenvalue weighted by atomic mass is 79.9. The molecule has 0 fully saturated rings. The number of nitrogens with one attached hydrogen (secondary N) is 2. The number of aliphatic hydroxyl groups excluding tert-OH is 1. The molecule has 0 aliphatic heterocycles. The lowest BCUT2D eigenvalue weighted by Gasteiger charge is -2.11. The van der Waals surface area contributed by atoms with Crippen molar-refractivity contribution in [3.8, 4) is 0 Å². The standard InChI is InChI=1S/C11H19BrN4O/c1-3-8(17)5-6-14-10-9(12)7-15-11(16-10)13-4-2/h7-8,17H,3-6H2,1-2H3,(H2,13,14,15,16). The summed E-state index contributed by atoms with van der Waals surface area (Å²) in [6.07, 6.45) is 2.94. The molecule has 0 aliphatic rings. The third kappa shape index (κ3) is 4.87. The van der Waals surface area contributed by atoms with Crippen LogP contribution < -0.4 is 10.6 Å². The zero-order chi connectivity index (χ0) is 12.7. The zero-order valence-corrected chi connectivity index (χ0v) is 11.8. The van der Waals surface area contributed by atoms with Gasteiger partial charge in [0.25, 0.3) is 0 Å². The number of nitrogens with zero attached hydrogens (tertiary/aromatic N) is 2. The van der Waals surface area contributed by atoms with Gasteiger partial charge in [0.15, 0.2) is 0 Å². The number of aliphatic hydroxyl groups is 1. The molecule has 0 aromatic carbocycles. The Bertz CT molecular complexity index is 348. The molecule has 0 radical (unpaired) electrons. The Hall–Kier alpha value is -0.880. The normalized spacial score (nSPS) is 12.2. The lowest BCUT2D eigenvalue weighted by atomic mass is 10.2. The van der Waals surface area contributed by atoms with Crippen LogP contribution in [0.3, 0.4) is 0 Å². The number of rotatable bonds is 7. The monoisotopic (exact) mass is 302 g/mol. The summed E-state index contributed by atoms with van der Waals surface area (Å²) in [6.45, 7) is 5.44. The van der Waals surface area contributed by atoms with Crippen LogP contribution in [0.2, 0.25) is 0 Å². The Labute approximate surface area is 110 Å². The van der Waals surface area contributed by atoms with Gasteiger partial charge in [-0.3, -0.25) is 0 Å². The molecule has 0 bridgehead atoms. The third-order valence-electron chi connectivity index (χ3n) is 2.32. The van der Waals surface area contributed by atoms with E-state index in [0.717, 1.165) is 23.3 Å². The summed E-state index contributed by atoms with van der Waals surface area (Å²) in [5.74, 6) is 1.36. The van der Waals surface area contributed by atoms with Gasteiger partial charge in [-0.15, -0.1) is 0 Å². The maximum Gasteiger partial charge on any atom is 0.224 e. The van der Waals surface area contributed by atoms with E-state index < -0.39 is 0 Å². The van der Waals surface area contributed by atoms with Gasteiger partial charge >= 0.3 is 0 Å². The molecule has 6 heteroatoms. The van der Waals surface area contributed by atoms with E-state index >= 15 is 0 Å². The highest BCUT2D eigenvalue weighted by Gasteiger charge is 2.05. The van der Waals surface area contributed by atoms with E-state index in [4.69, 9.17) is 0 Å². The molecule has 1 heterocycles. The maximum atomic E-state index is 9.45. The van der Waals surface area contributed by atoms with Gasteiger partial charge in [-0.1, -0.05) is 6.92 Å². The first-order chi connectivity index (χ1) is 8.17. The SMILES string of the molecule is CCNc1ncc(Br)c(NCCC(O)CC)n1. The quantitative estimate of drug-likeness (QED) is 0.721. The predicted molar refractivity (Wildman–Crippen MR) is 73.3 cm³/mol. The molecule has 3 N–H and O–H groups in total. The van der Waals surface area contributed by atoms with E-state index in [1.165, 1.54) is 0 Å². The molecule has 1 unspecified atom stereocenters. The van der Waals surface area contributed by atoms with Gasteiger partial charge in [-0.25, -0.2) is 4.98 Å². The fourth-order valence-electron chi connectivity index (χ4n) is 1.30. The highest BCUT2D eigenvalue weighted by Crippen LogP contribution is 2.20. The molecule has 0 aliphatic carbocycles. The van der Waals surface area contributed by atoms with Crippen molar-refractivity contribution < 1.29 is 5.11 Å². The summed E-state index contributed by atoms with van der Waals surface area (Å²) < 4.78 is 0.824. The molecule has 1 atom stereocenters. The smallest absolute Gasteiger partial charge is 0.224 e. The first-order valence-electron chi connectivity index (χ1n) is 5.85. The van der Waals surface area contributed by atoms with E-state index in [-0.39, 0.29) is 6.10 Å². The average Bonchev–Trinajstić information content (AvgIpc) is 2.33. The Morgan fingerprint density at radius 2 is 2.18 bits per heavy atom. The molecule has 1 rings (SSSR count). The van der Waals surface area contributed by atoms with Crippen molar-refractivity contribution in [3.63, 3.8) is 0 Å². The second kappa shape index (κ2) is 7.45. The van der Waals surface area contributed by atoms with Crippen LogP contribution >= 0.6 is 15.9 Å². The van der Waals surface area contributed by atoms with E-state index in [1.807, 2.05) is 13.8 Å². The van der Waals surface area contributed by atoms with Gasteiger partial charge < -0.3 is 15.7 Å². The van der Waals surface area contributed by atoms with Crippen molar-refractivity contribution in [2.45, 2.75) is 32.8 Å². The molecular weight excluding hydrogens is 284 g/mol. The largest absolute Gasteiger partial charge is 0.393 e. The van der Waals surface area contributed by atoms with Crippen molar-refractivity contribution in [1.82, 2.24) is 9.97 Å². The predicted octanol–water partition coefficient (Wildman–Crippen LogP) is 2.24. The summed E-state index contributed by atoms with van der Waals surface area (Å²) in [5.41, 5.74) is 0. The van der Waals surface area contributed by atoms with Crippen molar-refractivity contribution in [1.29, 1.82) is 0 Å². The Morgan fingerprint density at radius 1 is 1.41 bits per heavy atom. The summed E-state index contributed by atoms with van der Waals surface area (Å²) in [4.78, 5) is 8.45. The van der Waals surface area contributed by atoms with Crippen LogP contribution in [0.5, 0.6) is 0 Å². The van der Waals surface area contributed by atoms with Crippen LogP contribution in [0.1, 0.15) is 26.7 Å². The topological polar surface area (TPSA) is 70.1 Å². The van der Waals surface area contributed by atoms with Gasteiger partial charge in [-0.05, 0) is 35.7 Å². The van der Waals surface area contributed by atoms with Gasteiger partial charge in [0.05, 0.1) is 10.6 Å². The van der Waals surface area contributed by atoms with Crippen molar-refractivity contribution in [3.05, 3.63) is 10.7 Å². The number of halogens is 1. The molecule has 0 saturated heterocycles. The maximum absolute atomic E-state index is 9.45. The summed E-state index contributed by atoms with van der Waals surface area (Å²) in [5, 5.41) is 15.7. The van der Waals surface area contributed by atoms with Gasteiger partial charge in [0, 0.05) is 19.3 Å². The molecule has 1 aromatic rings. The second-order valence-electron chi connectivity index (χ2n) is 3.70. The first kappa shape index (κ1) is 14.2. The van der Waals surface area contributed by atoms with Gasteiger partial charge in [-0.2, -0.15) is 4.98 Å². The van der Waals surface area contributed by atoms with Crippen molar-refractivity contribution >= 4 is 27.7 Å². The zero-order valence-electron chi connectivity index (χ0n) is 10.2. The van der Waals surface area contributed by atoms with E-state index in [0.29, 0.717) is 18.9 Å². The van der Waals surface area contributed by atoms with E-state index in [1.54, 1.807) is 6.20 Å². The fourth-order valence-corrected chi connectivity index (χ4v) is 1.63. The minimum Gasteiger partial charge on any atom is -0.393 e. The summed E-state index contributed by atoms with van der Waals surface area (Å²) in [7, 11) is 0. The lowest BCUT2D eigenvalue weighted by Crippen LogP contribution is -2.14. The fraction of sp³-hybridized carbons (Fsp3) is 0.636. The molecule has 17 heavy (non-hydrogen) atoms. The highest BCUT2D eigenvalue weighted by molar-refractivity contribution is 9.10. The molecule has 96 valence electrons. The molecule has 0 saturated carbocycles. The van der Waals surface area contributed by atoms with Gasteiger partial charge in [0.1, 0.15) is 5.82 Å². The molecule has 0 spiro atoms. The molecule has 1 aromatic heterocycles. The minimum atomic E-state index is -0.253. The van der Waals surface area contributed by atoms with Crippen LogP contribution in [-0.4, -0.2) is 34.3 Å². The number of hydrogen-bond donors (Lipinski definition) is 3. The Kier molecular flexibility index (Phi) is 6.21. The van der Waals surface area contributed by atoms with Crippen molar-refractivity contribution in [2.75, 3.05) is 23.7 Å². The Morgan fingerprint density at radius 3 is 2.82 bits per heavy atom. The molecular formula is C11H19BrN4O. The number of hydrogen-bond acceptors (Lipinski definition) is 5. The minimum absolute atomic E-state index is 0.253. The van der Waals surface area contributed by atoms with Crippen LogP contribution in [0.15, 0.2) is 10.7 Å². The van der Waals surface area contributed by atoms with Crippen LogP contribution in [0.25, 0.3) is 0 Å². The molecule has 0 amide bonds. The second-order valence-corrected chi connectivity index (χ2v) is 4.55. The third-order valence-corrected chi connectivity index (χ3v) is 2.90. The average molecular weight is 303 g/mol. The van der Waals surface area contributed by atoms with Crippen LogP contribution in [-0.2, 0) is 0 Å². The van der Waals surface area contributed by atoms with Crippen LogP contribution in [0.4, 0.5) is 11.8 Å².